The molecule has 3 heterocycles. The molecule has 11 heteroatoms. The molecule has 1 aromatic carbocycles. The number of halogens is 3. The largest absolute Gasteiger partial charge is 0.480 e. The molecule has 1 aromatic heterocycles. The molecule has 222 valence electrons. The van der Waals surface area contributed by atoms with E-state index in [4.69, 9.17) is 4.74 Å². The van der Waals surface area contributed by atoms with Crippen molar-refractivity contribution in [1.82, 2.24) is 14.8 Å². The number of carboxylic acid groups (broad SMARTS) is 1. The normalized spacial score (nSPS) is 25.1. The second-order valence-corrected chi connectivity index (χ2v) is 12.0. The van der Waals surface area contributed by atoms with Gasteiger partial charge in [-0.05, 0) is 75.4 Å². The summed E-state index contributed by atoms with van der Waals surface area (Å²) in [4.78, 5) is 32.3. The molecule has 0 spiro atoms. The van der Waals surface area contributed by atoms with Crippen LogP contribution < -0.4 is 4.74 Å². The van der Waals surface area contributed by atoms with Crippen LogP contribution in [0.1, 0.15) is 55.8 Å². The molecule has 3 aliphatic rings. The van der Waals surface area contributed by atoms with Gasteiger partial charge in [-0.25, -0.2) is 9.78 Å². The fourth-order valence-electron chi connectivity index (χ4n) is 6.23. The van der Waals surface area contributed by atoms with Crippen LogP contribution in [0.15, 0.2) is 42.6 Å². The monoisotopic (exact) mass is 575 g/mol. The molecule has 1 amide bonds. The Balaban J connectivity index is 1.11. The fourth-order valence-corrected chi connectivity index (χ4v) is 6.23. The van der Waals surface area contributed by atoms with Gasteiger partial charge >= 0.3 is 12.1 Å². The first kappa shape index (κ1) is 29.3. The zero-order chi connectivity index (χ0) is 29.4. The first-order chi connectivity index (χ1) is 19.4. The first-order valence-electron chi connectivity index (χ1n) is 14.1. The lowest BCUT2D eigenvalue weighted by Gasteiger charge is -2.47. The van der Waals surface area contributed by atoms with Crippen LogP contribution in [-0.4, -0.2) is 87.5 Å². The van der Waals surface area contributed by atoms with Crippen LogP contribution in [0.2, 0.25) is 0 Å². The van der Waals surface area contributed by atoms with Gasteiger partial charge in [-0.3, -0.25) is 4.79 Å². The standard InChI is InChI=1S/C30H36F3N3O5/c1-28(27(39)40)15-24(37)17-36(28)26(38)22-5-3-21(4-6-22)23-7-8-25(34-16-23)41-18-20-9-13-35(14-10-20)19-29(11-2-12-29)30(31,32)33/h3-8,16,20,24,37H,2,9-15,17-19H2,1H3,(H,39,40)/t24-,28+/m1/s1. The lowest BCUT2D eigenvalue weighted by molar-refractivity contribution is -0.256. The van der Waals surface area contributed by atoms with Gasteiger partial charge in [0.15, 0.2) is 0 Å². The number of likely N-dealkylation sites (tertiary alicyclic amines) is 2. The minimum absolute atomic E-state index is 0.0198. The van der Waals surface area contributed by atoms with Gasteiger partial charge in [0.25, 0.3) is 5.91 Å². The highest BCUT2D eigenvalue weighted by molar-refractivity contribution is 5.98. The molecule has 2 saturated heterocycles. The number of carboxylic acids is 1. The van der Waals surface area contributed by atoms with Crippen molar-refractivity contribution in [2.75, 3.05) is 32.8 Å². The van der Waals surface area contributed by atoms with Crippen LogP contribution >= 0.6 is 0 Å². The summed E-state index contributed by atoms with van der Waals surface area (Å²) in [7, 11) is 0. The van der Waals surface area contributed by atoms with Gasteiger partial charge in [-0.2, -0.15) is 13.2 Å². The summed E-state index contributed by atoms with van der Waals surface area (Å²) in [5.74, 6) is -0.871. The number of carbonyl (C=O) groups is 2. The summed E-state index contributed by atoms with van der Waals surface area (Å²) in [6.07, 6.45) is -0.668. The summed E-state index contributed by atoms with van der Waals surface area (Å²) in [5.41, 5.74) is -1.02. The number of aliphatic carboxylic acids is 1. The van der Waals surface area contributed by atoms with Crippen molar-refractivity contribution in [3.05, 3.63) is 48.2 Å². The average Bonchev–Trinajstić information content (AvgIpc) is 3.24. The average molecular weight is 576 g/mol. The van der Waals surface area contributed by atoms with E-state index in [1.54, 1.807) is 36.5 Å². The van der Waals surface area contributed by atoms with Gasteiger partial charge in [-0.15, -0.1) is 0 Å². The Morgan fingerprint density at radius 1 is 1.07 bits per heavy atom. The lowest BCUT2D eigenvalue weighted by Crippen LogP contribution is -2.53. The Bertz CT molecular complexity index is 1240. The Morgan fingerprint density at radius 2 is 1.73 bits per heavy atom. The van der Waals surface area contributed by atoms with E-state index in [-0.39, 0.29) is 38.3 Å². The van der Waals surface area contributed by atoms with Crippen molar-refractivity contribution >= 4 is 11.9 Å². The number of amides is 1. The quantitative estimate of drug-likeness (QED) is 0.474. The van der Waals surface area contributed by atoms with Crippen molar-refractivity contribution in [2.24, 2.45) is 11.3 Å². The molecule has 0 bridgehead atoms. The van der Waals surface area contributed by atoms with Crippen LogP contribution in [0.4, 0.5) is 13.2 Å². The van der Waals surface area contributed by atoms with Crippen LogP contribution in [-0.2, 0) is 4.79 Å². The second kappa shape index (κ2) is 11.2. The fraction of sp³-hybridized carbons (Fsp3) is 0.567. The summed E-state index contributed by atoms with van der Waals surface area (Å²) in [6, 6.07) is 10.4. The number of piperidine rings is 1. The number of ether oxygens (including phenoxy) is 1. The van der Waals surface area contributed by atoms with E-state index in [0.29, 0.717) is 37.6 Å². The Hall–Kier alpha value is -3.18. The maximum absolute atomic E-state index is 13.5. The molecule has 2 N–H and O–H groups in total. The Morgan fingerprint density at radius 3 is 2.27 bits per heavy atom. The number of pyridine rings is 1. The number of aromatic nitrogens is 1. The molecule has 5 rings (SSSR count). The Kier molecular flexibility index (Phi) is 8.04. The van der Waals surface area contributed by atoms with Gasteiger partial charge in [0, 0.05) is 42.9 Å². The molecule has 1 aliphatic carbocycles. The molecule has 8 nitrogen and oxygen atoms in total. The van der Waals surface area contributed by atoms with Crippen molar-refractivity contribution in [3.8, 4) is 17.0 Å². The van der Waals surface area contributed by atoms with Crippen LogP contribution in [0.3, 0.4) is 0 Å². The minimum Gasteiger partial charge on any atom is -0.480 e. The molecule has 41 heavy (non-hydrogen) atoms. The molecule has 0 unspecified atom stereocenters. The molecule has 1 saturated carbocycles. The van der Waals surface area contributed by atoms with Crippen molar-refractivity contribution in [2.45, 2.75) is 63.3 Å². The number of nitrogens with zero attached hydrogens (tertiary/aromatic N) is 3. The predicted octanol–water partition coefficient (Wildman–Crippen LogP) is 4.62. The van der Waals surface area contributed by atoms with Gasteiger partial charge < -0.3 is 24.7 Å². The Labute approximate surface area is 237 Å². The summed E-state index contributed by atoms with van der Waals surface area (Å²) in [5, 5.41) is 19.6. The number of aliphatic hydroxyl groups is 1. The molecular weight excluding hydrogens is 539 g/mol. The summed E-state index contributed by atoms with van der Waals surface area (Å²) >= 11 is 0. The number of rotatable bonds is 8. The predicted molar refractivity (Wildman–Crippen MR) is 144 cm³/mol. The third-order valence-electron chi connectivity index (χ3n) is 9.14. The zero-order valence-electron chi connectivity index (χ0n) is 23.1. The smallest absolute Gasteiger partial charge is 0.395 e. The van der Waals surface area contributed by atoms with E-state index in [2.05, 4.69) is 4.98 Å². The highest BCUT2D eigenvalue weighted by Crippen LogP contribution is 2.53. The molecule has 2 aliphatic heterocycles. The van der Waals surface area contributed by atoms with Gasteiger partial charge in [0.05, 0.1) is 18.1 Å². The molecule has 0 radical (unpaired) electrons. The molecule has 3 fully saturated rings. The highest BCUT2D eigenvalue weighted by atomic mass is 19.4. The van der Waals surface area contributed by atoms with E-state index >= 15 is 0 Å². The van der Waals surface area contributed by atoms with E-state index < -0.39 is 35.1 Å². The number of hydrogen-bond donors (Lipinski definition) is 2. The number of benzene rings is 1. The van der Waals surface area contributed by atoms with Crippen LogP contribution in [0.5, 0.6) is 5.88 Å². The third kappa shape index (κ3) is 5.92. The first-order valence-corrected chi connectivity index (χ1v) is 14.1. The number of aliphatic hydroxyl groups excluding tert-OH is 1. The van der Waals surface area contributed by atoms with Crippen molar-refractivity contribution in [1.29, 1.82) is 0 Å². The molecule has 2 aromatic rings. The number of alkyl halides is 3. The SMILES string of the molecule is C[C@@]1(C(=O)O)C[C@@H](O)CN1C(=O)c1ccc(-c2ccc(OCC3CCN(CC4(C(F)(F)F)CCC4)CC3)nc2)cc1. The molecular formula is C30H36F3N3O5. The highest BCUT2D eigenvalue weighted by Gasteiger charge is 2.58. The van der Waals surface area contributed by atoms with E-state index in [1.807, 2.05) is 11.0 Å². The van der Waals surface area contributed by atoms with Gasteiger partial charge in [-0.1, -0.05) is 18.6 Å². The third-order valence-corrected chi connectivity index (χ3v) is 9.14. The van der Waals surface area contributed by atoms with Crippen molar-refractivity contribution in [3.63, 3.8) is 0 Å². The summed E-state index contributed by atoms with van der Waals surface area (Å²) in [6.45, 7) is 3.26. The number of carbonyl (C=O) groups excluding carboxylic acids is 1. The van der Waals surface area contributed by atoms with Gasteiger partial charge in [0.1, 0.15) is 5.54 Å². The second-order valence-electron chi connectivity index (χ2n) is 12.0. The number of hydrogen-bond acceptors (Lipinski definition) is 6. The minimum atomic E-state index is -4.13. The lowest BCUT2D eigenvalue weighted by atomic mass is 9.67. The molecule has 2 atom stereocenters. The van der Waals surface area contributed by atoms with E-state index in [9.17, 15) is 33.0 Å². The van der Waals surface area contributed by atoms with Crippen molar-refractivity contribution < 1.29 is 37.7 Å². The van der Waals surface area contributed by atoms with E-state index in [1.165, 1.54) is 11.8 Å². The maximum atomic E-state index is 13.5. The van der Waals surface area contributed by atoms with E-state index in [0.717, 1.165) is 24.0 Å². The van der Waals surface area contributed by atoms with Gasteiger partial charge in [0.2, 0.25) is 5.88 Å². The van der Waals surface area contributed by atoms with Crippen LogP contribution in [0, 0.1) is 11.3 Å². The topological polar surface area (TPSA) is 103 Å². The van der Waals surface area contributed by atoms with Crippen LogP contribution in [0.25, 0.3) is 11.1 Å². The zero-order valence-corrected chi connectivity index (χ0v) is 23.1. The summed E-state index contributed by atoms with van der Waals surface area (Å²) < 4.78 is 46.4. The number of β-amino-alcohol motifs (C(OH)–C–C–N with tert-alkyl or cyclic N) is 1. The maximum Gasteiger partial charge on any atom is 0.395 e.